The van der Waals surface area contributed by atoms with Gasteiger partial charge in [-0.2, -0.15) is 0 Å². The van der Waals surface area contributed by atoms with Crippen LogP contribution in [0, 0.1) is 0 Å². The van der Waals surface area contributed by atoms with E-state index in [1.165, 1.54) is 0 Å². The van der Waals surface area contributed by atoms with Crippen LogP contribution in [0.5, 0.6) is 5.75 Å². The van der Waals surface area contributed by atoms with Crippen molar-refractivity contribution in [3.05, 3.63) is 29.8 Å². The molecule has 25 heavy (non-hydrogen) atoms. The van der Waals surface area contributed by atoms with Crippen LogP contribution in [0.2, 0.25) is 0 Å². The summed E-state index contributed by atoms with van der Waals surface area (Å²) in [6.45, 7) is 2.08. The van der Waals surface area contributed by atoms with Gasteiger partial charge in [0.1, 0.15) is 18.0 Å². The number of halogens is 1. The Balaban J connectivity index is 2.12. The average molecular weight is 464 g/mol. The monoisotopic (exact) mass is 464 g/mol. The van der Waals surface area contributed by atoms with Gasteiger partial charge >= 0.3 is 5.97 Å². The van der Waals surface area contributed by atoms with E-state index in [0.29, 0.717) is 17.7 Å². The molecule has 1 N–H and O–H groups in total. The molecule has 1 aromatic rings. The highest BCUT2D eigenvalue weighted by Crippen LogP contribution is 2.32. The van der Waals surface area contributed by atoms with Gasteiger partial charge < -0.3 is 24.1 Å². The maximum absolute atomic E-state index is 12.5. The molecule has 1 fully saturated rings. The van der Waals surface area contributed by atoms with E-state index in [0.717, 1.165) is 12.8 Å². The minimum atomic E-state index is -0.858. The van der Waals surface area contributed by atoms with E-state index in [-0.39, 0.29) is 3.92 Å². The number of esters is 1. The first-order chi connectivity index (χ1) is 12.0. The zero-order valence-corrected chi connectivity index (χ0v) is 16.8. The Morgan fingerprint density at radius 2 is 1.96 bits per heavy atom. The van der Waals surface area contributed by atoms with Crippen LogP contribution >= 0.6 is 22.6 Å². The molecular weight excluding hydrogens is 439 g/mol. The minimum absolute atomic E-state index is 0.325. The molecular formula is C18H25IO6. The summed E-state index contributed by atoms with van der Waals surface area (Å²) in [6.07, 6.45) is 0.0907. The molecule has 0 aliphatic carbocycles. The fourth-order valence-electron chi connectivity index (χ4n) is 2.77. The molecule has 0 saturated carbocycles. The van der Waals surface area contributed by atoms with E-state index in [4.69, 9.17) is 18.9 Å². The average Bonchev–Trinajstić information content (AvgIpc) is 2.64. The SMILES string of the molecule is CCCC[C@H]1O[C@H](OC)[C@H](I)[C@@H](O)[C@H]1OC(=O)c1ccc(OC)cc1. The van der Waals surface area contributed by atoms with E-state index in [1.807, 2.05) is 0 Å². The van der Waals surface area contributed by atoms with E-state index >= 15 is 0 Å². The number of ether oxygens (including phenoxy) is 4. The Morgan fingerprint density at radius 1 is 1.28 bits per heavy atom. The van der Waals surface area contributed by atoms with Crippen LogP contribution in [0.25, 0.3) is 0 Å². The highest BCUT2D eigenvalue weighted by atomic mass is 127. The number of carbonyl (C=O) groups excluding carboxylic acids is 1. The van der Waals surface area contributed by atoms with Crippen molar-refractivity contribution in [1.29, 1.82) is 0 Å². The van der Waals surface area contributed by atoms with Gasteiger partial charge in [0.25, 0.3) is 0 Å². The zero-order valence-electron chi connectivity index (χ0n) is 14.7. The second-order valence-electron chi connectivity index (χ2n) is 5.95. The molecule has 5 atom stereocenters. The highest BCUT2D eigenvalue weighted by Gasteiger charge is 2.46. The molecule has 0 spiro atoms. The Labute approximate surface area is 161 Å². The van der Waals surface area contributed by atoms with Gasteiger partial charge in [0.15, 0.2) is 12.4 Å². The molecule has 1 heterocycles. The Bertz CT molecular complexity index is 549. The lowest BCUT2D eigenvalue weighted by Crippen LogP contribution is -2.57. The van der Waals surface area contributed by atoms with Gasteiger partial charge in [-0.05, 0) is 30.7 Å². The summed E-state index contributed by atoms with van der Waals surface area (Å²) in [6, 6.07) is 6.66. The van der Waals surface area contributed by atoms with Crippen molar-refractivity contribution in [1.82, 2.24) is 0 Å². The second-order valence-corrected chi connectivity index (χ2v) is 7.39. The highest BCUT2D eigenvalue weighted by molar-refractivity contribution is 14.1. The number of carbonyl (C=O) groups is 1. The standard InChI is InChI=1S/C18H25IO6/c1-4-5-6-13-16(15(20)14(19)18(23-3)24-13)25-17(21)11-7-9-12(22-2)10-8-11/h7-10,13-16,18,20H,4-6H2,1-3H3/t13-,14-,15-,16+,18+/m1/s1. The number of alkyl halides is 1. The summed E-state index contributed by atoms with van der Waals surface area (Å²) in [7, 11) is 3.11. The molecule has 1 saturated heterocycles. The summed E-state index contributed by atoms with van der Waals surface area (Å²) in [5.74, 6) is 0.171. The van der Waals surface area contributed by atoms with Crippen LogP contribution in [0.4, 0.5) is 0 Å². The van der Waals surface area contributed by atoms with Gasteiger partial charge in [-0.25, -0.2) is 4.79 Å². The zero-order chi connectivity index (χ0) is 18.4. The predicted molar refractivity (Wildman–Crippen MR) is 101 cm³/mol. The first-order valence-corrected chi connectivity index (χ1v) is 9.61. The third-order valence-electron chi connectivity index (χ3n) is 4.24. The summed E-state index contributed by atoms with van der Waals surface area (Å²) >= 11 is 2.07. The van der Waals surface area contributed by atoms with E-state index in [1.54, 1.807) is 38.5 Å². The van der Waals surface area contributed by atoms with Gasteiger partial charge in [-0.3, -0.25) is 0 Å². The van der Waals surface area contributed by atoms with Crippen LogP contribution < -0.4 is 4.74 Å². The molecule has 0 unspecified atom stereocenters. The molecule has 140 valence electrons. The van der Waals surface area contributed by atoms with Crippen LogP contribution in [0.1, 0.15) is 36.5 Å². The molecule has 6 nitrogen and oxygen atoms in total. The number of unbranched alkanes of at least 4 members (excludes halogenated alkanes) is 1. The molecule has 1 aliphatic rings. The summed E-state index contributed by atoms with van der Waals surface area (Å²) in [4.78, 5) is 12.5. The summed E-state index contributed by atoms with van der Waals surface area (Å²) in [5, 5.41) is 10.6. The van der Waals surface area contributed by atoms with Crippen molar-refractivity contribution in [2.45, 2.75) is 54.7 Å². The number of aliphatic hydroxyl groups excluding tert-OH is 1. The van der Waals surface area contributed by atoms with Crippen molar-refractivity contribution in [2.24, 2.45) is 0 Å². The number of rotatable bonds is 7. The van der Waals surface area contributed by atoms with Gasteiger partial charge in [-0.1, -0.05) is 42.4 Å². The smallest absolute Gasteiger partial charge is 0.338 e. The minimum Gasteiger partial charge on any atom is -0.497 e. The normalized spacial score (nSPS) is 29.2. The first kappa shape index (κ1) is 20.4. The number of methoxy groups -OCH3 is 2. The molecule has 2 rings (SSSR count). The number of hydrogen-bond acceptors (Lipinski definition) is 6. The van der Waals surface area contributed by atoms with Crippen LogP contribution in [-0.4, -0.2) is 53.8 Å². The van der Waals surface area contributed by atoms with Crippen molar-refractivity contribution < 1.29 is 28.8 Å². The van der Waals surface area contributed by atoms with Crippen LogP contribution in [-0.2, 0) is 14.2 Å². The molecule has 0 amide bonds. The largest absolute Gasteiger partial charge is 0.497 e. The van der Waals surface area contributed by atoms with Crippen molar-refractivity contribution in [2.75, 3.05) is 14.2 Å². The number of hydrogen-bond donors (Lipinski definition) is 1. The third-order valence-corrected chi connectivity index (χ3v) is 5.57. The van der Waals surface area contributed by atoms with Crippen LogP contribution in [0.15, 0.2) is 24.3 Å². The lowest BCUT2D eigenvalue weighted by atomic mass is 9.97. The molecule has 0 aromatic heterocycles. The van der Waals surface area contributed by atoms with E-state index in [2.05, 4.69) is 29.5 Å². The predicted octanol–water partition coefficient (Wildman–Crippen LogP) is 2.95. The van der Waals surface area contributed by atoms with Crippen LogP contribution in [0.3, 0.4) is 0 Å². The Morgan fingerprint density at radius 3 is 2.52 bits per heavy atom. The molecule has 1 aromatic carbocycles. The lowest BCUT2D eigenvalue weighted by Gasteiger charge is -2.41. The lowest BCUT2D eigenvalue weighted by molar-refractivity contribution is -0.235. The topological polar surface area (TPSA) is 74.2 Å². The fraction of sp³-hybridized carbons (Fsp3) is 0.611. The summed E-state index contributed by atoms with van der Waals surface area (Å²) < 4.78 is 21.6. The number of aliphatic hydroxyl groups is 1. The van der Waals surface area contributed by atoms with Gasteiger partial charge in [0, 0.05) is 7.11 Å². The first-order valence-electron chi connectivity index (χ1n) is 8.37. The molecule has 0 bridgehead atoms. The van der Waals surface area contributed by atoms with Crippen molar-refractivity contribution in [3.63, 3.8) is 0 Å². The third kappa shape index (κ3) is 5.06. The maximum Gasteiger partial charge on any atom is 0.338 e. The molecule has 0 radical (unpaired) electrons. The quantitative estimate of drug-likeness (QED) is 0.380. The molecule has 7 heteroatoms. The van der Waals surface area contributed by atoms with E-state index < -0.39 is 30.6 Å². The molecule has 1 aliphatic heterocycles. The fourth-order valence-corrected chi connectivity index (χ4v) is 3.65. The second kappa shape index (κ2) is 9.70. The van der Waals surface area contributed by atoms with Gasteiger partial charge in [0.05, 0.1) is 16.6 Å². The number of benzene rings is 1. The maximum atomic E-state index is 12.5. The van der Waals surface area contributed by atoms with Gasteiger partial charge in [0.2, 0.25) is 0 Å². The Hall–Kier alpha value is -0.900. The van der Waals surface area contributed by atoms with Crippen molar-refractivity contribution in [3.8, 4) is 5.75 Å². The summed E-state index contributed by atoms with van der Waals surface area (Å²) in [5.41, 5.74) is 0.404. The Kier molecular flexibility index (Phi) is 7.92. The van der Waals surface area contributed by atoms with Crippen molar-refractivity contribution >= 4 is 28.6 Å². The van der Waals surface area contributed by atoms with E-state index in [9.17, 15) is 9.90 Å². The van der Waals surface area contributed by atoms with Gasteiger partial charge in [-0.15, -0.1) is 0 Å².